The lowest BCUT2D eigenvalue weighted by Crippen LogP contribution is -2.03. The van der Waals surface area contributed by atoms with Gasteiger partial charge >= 0.3 is 0 Å². The fourth-order valence-electron chi connectivity index (χ4n) is 2.49. The smallest absolute Gasteiger partial charge is 0.0885 e. The van der Waals surface area contributed by atoms with Crippen molar-refractivity contribution < 1.29 is 4.74 Å². The molecular formula is C18H26N2O. The van der Waals surface area contributed by atoms with E-state index in [2.05, 4.69) is 43.4 Å². The molecule has 0 unspecified atom stereocenters. The Morgan fingerprint density at radius 3 is 2.71 bits per heavy atom. The third-order valence-electron chi connectivity index (χ3n) is 3.60. The van der Waals surface area contributed by atoms with Crippen LogP contribution in [0, 0.1) is 0 Å². The maximum atomic E-state index is 5.22. The summed E-state index contributed by atoms with van der Waals surface area (Å²) in [5.74, 6) is 0. The van der Waals surface area contributed by atoms with E-state index in [0.717, 1.165) is 30.6 Å². The van der Waals surface area contributed by atoms with E-state index in [0.29, 0.717) is 6.61 Å². The highest BCUT2D eigenvalue weighted by molar-refractivity contribution is 5.92. The number of hydrogen-bond acceptors (Lipinski definition) is 3. The average Bonchev–Trinajstić information content (AvgIpc) is 2.51. The van der Waals surface area contributed by atoms with E-state index < -0.39 is 0 Å². The molecule has 21 heavy (non-hydrogen) atoms. The van der Waals surface area contributed by atoms with Gasteiger partial charge < -0.3 is 10.1 Å². The van der Waals surface area contributed by atoms with Gasteiger partial charge in [-0.15, -0.1) is 0 Å². The summed E-state index contributed by atoms with van der Waals surface area (Å²) in [7, 11) is 1.71. The Kier molecular flexibility index (Phi) is 6.00. The van der Waals surface area contributed by atoms with E-state index in [9.17, 15) is 0 Å². The first-order valence-electron chi connectivity index (χ1n) is 7.93. The number of aromatic nitrogens is 1. The average molecular weight is 286 g/mol. The second-order valence-electron chi connectivity index (χ2n) is 5.48. The number of hydrogen-bond donors (Lipinski definition) is 1. The Bertz CT molecular complexity index is 581. The number of rotatable bonds is 8. The zero-order valence-corrected chi connectivity index (χ0v) is 13.4. The van der Waals surface area contributed by atoms with Crippen molar-refractivity contribution in [2.45, 2.75) is 46.1 Å². The molecule has 2 rings (SSSR count). The van der Waals surface area contributed by atoms with Gasteiger partial charge in [-0.25, -0.2) is 0 Å². The van der Waals surface area contributed by atoms with E-state index in [-0.39, 0.29) is 0 Å². The van der Waals surface area contributed by atoms with Gasteiger partial charge in [-0.1, -0.05) is 26.3 Å². The number of ether oxygens (including phenoxy) is 1. The van der Waals surface area contributed by atoms with Crippen LogP contribution in [0.3, 0.4) is 0 Å². The maximum absolute atomic E-state index is 5.22. The molecule has 1 heterocycles. The Morgan fingerprint density at radius 1 is 1.14 bits per heavy atom. The number of fused-ring (bicyclic) bond motifs is 1. The molecule has 1 aromatic carbocycles. The molecule has 3 nitrogen and oxygen atoms in total. The Balaban J connectivity index is 2.40. The molecule has 0 saturated carbocycles. The minimum absolute atomic E-state index is 0.550. The third kappa shape index (κ3) is 4.18. The van der Waals surface area contributed by atoms with Crippen LogP contribution in [0.1, 0.15) is 44.4 Å². The molecule has 0 bridgehead atoms. The van der Waals surface area contributed by atoms with Crippen LogP contribution in [-0.2, 0) is 17.8 Å². The highest BCUT2D eigenvalue weighted by Crippen LogP contribution is 2.25. The fourth-order valence-corrected chi connectivity index (χ4v) is 2.49. The first-order chi connectivity index (χ1) is 10.3. The first kappa shape index (κ1) is 15.8. The van der Waals surface area contributed by atoms with Gasteiger partial charge in [0, 0.05) is 24.7 Å². The lowest BCUT2D eigenvalue weighted by atomic mass is 10.0. The van der Waals surface area contributed by atoms with Crippen LogP contribution in [-0.4, -0.2) is 18.6 Å². The molecule has 0 saturated heterocycles. The largest absolute Gasteiger partial charge is 0.384 e. The quantitative estimate of drug-likeness (QED) is 0.773. The maximum Gasteiger partial charge on any atom is 0.0885 e. The van der Waals surface area contributed by atoms with Crippen molar-refractivity contribution in [2.24, 2.45) is 0 Å². The van der Waals surface area contributed by atoms with E-state index >= 15 is 0 Å². The lowest BCUT2D eigenvalue weighted by Gasteiger charge is -2.12. The van der Waals surface area contributed by atoms with Gasteiger partial charge in [-0.05, 0) is 43.0 Å². The van der Waals surface area contributed by atoms with Gasteiger partial charge in [-0.3, -0.25) is 4.98 Å². The van der Waals surface area contributed by atoms with Crippen LogP contribution >= 0.6 is 0 Å². The van der Waals surface area contributed by atoms with E-state index in [1.807, 2.05) is 0 Å². The number of aryl methyl sites for hydroxylation is 1. The third-order valence-corrected chi connectivity index (χ3v) is 3.60. The zero-order valence-electron chi connectivity index (χ0n) is 13.4. The van der Waals surface area contributed by atoms with Gasteiger partial charge in [0.1, 0.15) is 0 Å². The lowest BCUT2D eigenvalue weighted by molar-refractivity contribution is 0.182. The Hall–Kier alpha value is -1.61. The number of benzene rings is 1. The van der Waals surface area contributed by atoms with Gasteiger partial charge in [0.05, 0.1) is 17.8 Å². The van der Waals surface area contributed by atoms with Crippen LogP contribution in [0.2, 0.25) is 0 Å². The molecule has 0 fully saturated rings. The van der Waals surface area contributed by atoms with Crippen molar-refractivity contribution in [1.82, 2.24) is 4.98 Å². The molecule has 0 atom stereocenters. The monoisotopic (exact) mass is 286 g/mol. The van der Waals surface area contributed by atoms with E-state index in [4.69, 9.17) is 9.72 Å². The van der Waals surface area contributed by atoms with Gasteiger partial charge in [0.15, 0.2) is 0 Å². The van der Waals surface area contributed by atoms with Crippen molar-refractivity contribution in [3.05, 3.63) is 35.5 Å². The summed E-state index contributed by atoms with van der Waals surface area (Å²) in [4.78, 5) is 4.69. The second-order valence-corrected chi connectivity index (χ2v) is 5.48. The molecule has 0 amide bonds. The minimum atomic E-state index is 0.550. The molecule has 3 heteroatoms. The summed E-state index contributed by atoms with van der Waals surface area (Å²) in [6, 6.07) is 8.74. The molecule has 0 aliphatic carbocycles. The van der Waals surface area contributed by atoms with Crippen LogP contribution in [0.5, 0.6) is 0 Å². The van der Waals surface area contributed by atoms with Crippen molar-refractivity contribution in [1.29, 1.82) is 0 Å². The SMILES string of the molecule is CCCCc1ccc2nc(COC)cc(NCCC)c2c1. The van der Waals surface area contributed by atoms with Gasteiger partial charge in [0.2, 0.25) is 0 Å². The van der Waals surface area contributed by atoms with Gasteiger partial charge in [0.25, 0.3) is 0 Å². The molecule has 2 aromatic rings. The minimum Gasteiger partial charge on any atom is -0.384 e. The normalized spacial score (nSPS) is 11.0. The van der Waals surface area contributed by atoms with Crippen LogP contribution in [0.15, 0.2) is 24.3 Å². The first-order valence-corrected chi connectivity index (χ1v) is 7.93. The summed E-state index contributed by atoms with van der Waals surface area (Å²) in [5.41, 5.74) is 4.59. The van der Waals surface area contributed by atoms with Crippen molar-refractivity contribution in [3.8, 4) is 0 Å². The van der Waals surface area contributed by atoms with Crippen LogP contribution in [0.4, 0.5) is 5.69 Å². The van der Waals surface area contributed by atoms with Gasteiger partial charge in [-0.2, -0.15) is 0 Å². The molecule has 1 aromatic heterocycles. The number of pyridine rings is 1. The predicted octanol–water partition coefficient (Wildman–Crippen LogP) is 4.55. The number of anilines is 1. The van der Waals surface area contributed by atoms with E-state index in [1.165, 1.54) is 29.5 Å². The summed E-state index contributed by atoms with van der Waals surface area (Å²) in [6.07, 6.45) is 4.71. The standard InChI is InChI=1S/C18H26N2O/c1-4-6-7-14-8-9-17-16(11-14)18(19-10-5-2)12-15(20-17)13-21-3/h8-9,11-12H,4-7,10,13H2,1-3H3,(H,19,20). The Labute approximate surface area is 127 Å². The number of nitrogens with one attached hydrogen (secondary N) is 1. The molecular weight excluding hydrogens is 260 g/mol. The highest BCUT2D eigenvalue weighted by Gasteiger charge is 2.07. The summed E-state index contributed by atoms with van der Waals surface area (Å²) < 4.78 is 5.22. The van der Waals surface area contributed by atoms with E-state index in [1.54, 1.807) is 7.11 Å². The molecule has 1 N–H and O–H groups in total. The van der Waals surface area contributed by atoms with Crippen molar-refractivity contribution in [2.75, 3.05) is 19.0 Å². The van der Waals surface area contributed by atoms with Crippen LogP contribution in [0.25, 0.3) is 10.9 Å². The molecule has 114 valence electrons. The molecule has 0 aliphatic rings. The zero-order chi connectivity index (χ0) is 15.1. The summed E-state index contributed by atoms with van der Waals surface area (Å²) in [6.45, 7) is 5.94. The molecule has 0 aliphatic heterocycles. The number of unbranched alkanes of at least 4 members (excludes halogenated alkanes) is 1. The second kappa shape index (κ2) is 7.99. The predicted molar refractivity (Wildman–Crippen MR) is 89.8 cm³/mol. The number of methoxy groups -OCH3 is 1. The topological polar surface area (TPSA) is 34.1 Å². The summed E-state index contributed by atoms with van der Waals surface area (Å²) >= 11 is 0. The highest BCUT2D eigenvalue weighted by atomic mass is 16.5. The summed E-state index contributed by atoms with van der Waals surface area (Å²) in [5, 5.41) is 4.74. The molecule has 0 spiro atoms. The molecule has 0 radical (unpaired) electrons. The van der Waals surface area contributed by atoms with Crippen molar-refractivity contribution >= 4 is 16.6 Å². The number of nitrogens with zero attached hydrogens (tertiary/aromatic N) is 1. The van der Waals surface area contributed by atoms with Crippen LogP contribution < -0.4 is 5.32 Å². The van der Waals surface area contributed by atoms with Crippen molar-refractivity contribution in [3.63, 3.8) is 0 Å². The fraction of sp³-hybridized carbons (Fsp3) is 0.500. The Morgan fingerprint density at radius 2 is 2.00 bits per heavy atom.